The molecule has 0 aliphatic carbocycles. The van der Waals surface area contributed by atoms with E-state index in [1.807, 2.05) is 0 Å². The Balaban J connectivity index is 2.10. The van der Waals surface area contributed by atoms with Crippen molar-refractivity contribution in [3.8, 4) is 23.0 Å². The summed E-state index contributed by atoms with van der Waals surface area (Å²) in [6.07, 6.45) is 1.09. The minimum atomic E-state index is -0.667. The fourth-order valence-electron chi connectivity index (χ4n) is 2.31. The Hall–Kier alpha value is -3.32. The average molecular weight is 389 g/mol. The Labute approximate surface area is 158 Å². The third kappa shape index (κ3) is 4.09. The molecule has 0 amide bonds. The predicted octanol–water partition coefficient (Wildman–Crippen LogP) is 4.09. The number of benzene rings is 2. The lowest BCUT2D eigenvalue weighted by atomic mass is 10.2. The standard InChI is InChI=1S/C19H13ClO7/c1-10(21)25-15-8-7-14-17(23)16(27-13-5-3-12(20)4-6-13)9-24-18(14)19(15)26-11(2)22/h3-9H,1-2H3. The molecule has 0 spiro atoms. The van der Waals surface area contributed by atoms with Crippen LogP contribution >= 0.6 is 11.6 Å². The molecule has 27 heavy (non-hydrogen) atoms. The zero-order valence-corrected chi connectivity index (χ0v) is 15.0. The van der Waals surface area contributed by atoms with Crippen molar-refractivity contribution in [2.75, 3.05) is 0 Å². The summed E-state index contributed by atoms with van der Waals surface area (Å²) in [4.78, 5) is 35.4. The minimum Gasteiger partial charge on any atom is -0.456 e. The normalized spacial score (nSPS) is 10.5. The SMILES string of the molecule is CC(=O)Oc1ccc2c(=O)c(Oc3ccc(Cl)cc3)coc2c1OC(C)=O. The van der Waals surface area contributed by atoms with Gasteiger partial charge in [0.05, 0.1) is 5.39 Å². The van der Waals surface area contributed by atoms with Gasteiger partial charge in [-0.3, -0.25) is 14.4 Å². The molecule has 0 bridgehead atoms. The van der Waals surface area contributed by atoms with Crippen LogP contribution in [0.25, 0.3) is 11.0 Å². The molecule has 138 valence electrons. The van der Waals surface area contributed by atoms with E-state index in [-0.39, 0.29) is 28.2 Å². The fraction of sp³-hybridized carbons (Fsp3) is 0.105. The number of carbonyl (C=O) groups excluding carboxylic acids is 2. The largest absolute Gasteiger partial charge is 0.456 e. The maximum atomic E-state index is 12.7. The van der Waals surface area contributed by atoms with Crippen LogP contribution in [0.1, 0.15) is 13.8 Å². The first kappa shape index (κ1) is 18.5. The van der Waals surface area contributed by atoms with Gasteiger partial charge in [-0.1, -0.05) is 11.6 Å². The number of carbonyl (C=O) groups is 2. The van der Waals surface area contributed by atoms with Gasteiger partial charge in [-0.25, -0.2) is 0 Å². The van der Waals surface area contributed by atoms with Crippen LogP contribution in [0, 0.1) is 0 Å². The van der Waals surface area contributed by atoms with Crippen LogP contribution in [0.5, 0.6) is 23.0 Å². The van der Waals surface area contributed by atoms with Crippen molar-refractivity contribution >= 4 is 34.5 Å². The zero-order valence-electron chi connectivity index (χ0n) is 14.3. The highest BCUT2D eigenvalue weighted by molar-refractivity contribution is 6.30. The van der Waals surface area contributed by atoms with Crippen LogP contribution in [-0.4, -0.2) is 11.9 Å². The van der Waals surface area contributed by atoms with Crippen molar-refractivity contribution in [3.63, 3.8) is 0 Å². The Morgan fingerprint density at radius 1 is 0.926 bits per heavy atom. The number of ether oxygens (including phenoxy) is 3. The van der Waals surface area contributed by atoms with Gasteiger partial charge in [0.2, 0.25) is 16.9 Å². The van der Waals surface area contributed by atoms with Crippen molar-refractivity contribution in [3.05, 3.63) is 57.9 Å². The van der Waals surface area contributed by atoms with E-state index in [1.54, 1.807) is 24.3 Å². The molecule has 2 aromatic carbocycles. The minimum absolute atomic E-state index is 0.0419. The van der Waals surface area contributed by atoms with Crippen molar-refractivity contribution in [2.24, 2.45) is 0 Å². The summed E-state index contributed by atoms with van der Waals surface area (Å²) in [5.41, 5.74) is -0.536. The summed E-state index contributed by atoms with van der Waals surface area (Å²) >= 11 is 5.82. The van der Waals surface area contributed by atoms with Crippen LogP contribution in [0.2, 0.25) is 5.02 Å². The first-order valence-corrected chi connectivity index (χ1v) is 8.11. The van der Waals surface area contributed by atoms with E-state index in [9.17, 15) is 14.4 Å². The maximum Gasteiger partial charge on any atom is 0.308 e. The van der Waals surface area contributed by atoms with Gasteiger partial charge in [-0.15, -0.1) is 0 Å². The lowest BCUT2D eigenvalue weighted by molar-refractivity contribution is -0.134. The molecule has 0 atom stereocenters. The first-order valence-electron chi connectivity index (χ1n) is 7.74. The monoisotopic (exact) mass is 388 g/mol. The highest BCUT2D eigenvalue weighted by Gasteiger charge is 2.20. The zero-order chi connectivity index (χ0) is 19.6. The molecule has 1 heterocycles. The van der Waals surface area contributed by atoms with Gasteiger partial charge in [0.15, 0.2) is 11.3 Å². The summed E-state index contributed by atoms with van der Waals surface area (Å²) in [6, 6.07) is 9.15. The number of rotatable bonds is 4. The Morgan fingerprint density at radius 2 is 1.59 bits per heavy atom. The van der Waals surface area contributed by atoms with E-state index in [4.69, 9.17) is 30.2 Å². The topological polar surface area (TPSA) is 92.0 Å². The van der Waals surface area contributed by atoms with E-state index in [2.05, 4.69) is 0 Å². The van der Waals surface area contributed by atoms with Crippen molar-refractivity contribution in [1.82, 2.24) is 0 Å². The lowest BCUT2D eigenvalue weighted by Gasteiger charge is -2.11. The van der Waals surface area contributed by atoms with Crippen molar-refractivity contribution < 1.29 is 28.2 Å². The van der Waals surface area contributed by atoms with Gasteiger partial charge in [0.25, 0.3) is 0 Å². The third-order valence-electron chi connectivity index (χ3n) is 3.37. The summed E-state index contributed by atoms with van der Waals surface area (Å²) in [5.74, 6) is -1.17. The predicted molar refractivity (Wildman–Crippen MR) is 96.6 cm³/mol. The summed E-state index contributed by atoms with van der Waals surface area (Å²) in [5, 5.41) is 0.616. The molecule has 0 fully saturated rings. The van der Waals surface area contributed by atoms with E-state index < -0.39 is 17.4 Å². The molecule has 0 radical (unpaired) electrons. The van der Waals surface area contributed by atoms with Crippen LogP contribution in [0.3, 0.4) is 0 Å². The maximum absolute atomic E-state index is 12.7. The second kappa shape index (κ2) is 7.51. The number of hydrogen-bond acceptors (Lipinski definition) is 7. The van der Waals surface area contributed by atoms with Crippen molar-refractivity contribution in [2.45, 2.75) is 13.8 Å². The molecule has 0 unspecified atom stereocenters. The average Bonchev–Trinajstić information content (AvgIpc) is 2.60. The highest BCUT2D eigenvalue weighted by Crippen LogP contribution is 2.36. The Kier molecular flexibility index (Phi) is 5.14. The molecule has 8 heteroatoms. The van der Waals surface area contributed by atoms with Crippen LogP contribution in [0.15, 0.2) is 51.9 Å². The second-order valence-corrected chi connectivity index (χ2v) is 5.88. The van der Waals surface area contributed by atoms with Gasteiger partial charge in [-0.05, 0) is 36.4 Å². The van der Waals surface area contributed by atoms with Gasteiger partial charge >= 0.3 is 11.9 Å². The van der Waals surface area contributed by atoms with Gasteiger partial charge in [0, 0.05) is 18.9 Å². The number of esters is 2. The summed E-state index contributed by atoms with van der Waals surface area (Å²) in [7, 11) is 0. The smallest absolute Gasteiger partial charge is 0.308 e. The molecule has 1 aromatic heterocycles. The van der Waals surface area contributed by atoms with Gasteiger partial charge in [0.1, 0.15) is 12.0 Å². The molecule has 0 saturated carbocycles. The molecule has 0 saturated heterocycles. The fourth-order valence-corrected chi connectivity index (χ4v) is 2.44. The van der Waals surface area contributed by atoms with Gasteiger partial charge < -0.3 is 18.6 Å². The lowest BCUT2D eigenvalue weighted by Crippen LogP contribution is -2.10. The molecule has 3 rings (SSSR count). The second-order valence-electron chi connectivity index (χ2n) is 5.44. The molecular formula is C19H13ClO7. The molecule has 0 aliphatic rings. The quantitative estimate of drug-likeness (QED) is 0.491. The van der Waals surface area contributed by atoms with Crippen LogP contribution < -0.4 is 19.6 Å². The van der Waals surface area contributed by atoms with Crippen molar-refractivity contribution in [1.29, 1.82) is 0 Å². The summed E-state index contributed by atoms with van der Waals surface area (Å²) < 4.78 is 21.1. The molecule has 0 aliphatic heterocycles. The summed E-state index contributed by atoms with van der Waals surface area (Å²) in [6.45, 7) is 2.37. The number of fused-ring (bicyclic) bond motifs is 1. The third-order valence-corrected chi connectivity index (χ3v) is 3.62. The Morgan fingerprint density at radius 3 is 2.22 bits per heavy atom. The molecule has 0 N–H and O–H groups in total. The molecule has 3 aromatic rings. The Bertz CT molecular complexity index is 1080. The van der Waals surface area contributed by atoms with E-state index in [0.717, 1.165) is 6.26 Å². The van der Waals surface area contributed by atoms with E-state index >= 15 is 0 Å². The van der Waals surface area contributed by atoms with Gasteiger partial charge in [-0.2, -0.15) is 0 Å². The highest BCUT2D eigenvalue weighted by atomic mass is 35.5. The number of halogens is 1. The molecule has 7 nitrogen and oxygen atoms in total. The molecular weight excluding hydrogens is 376 g/mol. The van der Waals surface area contributed by atoms with E-state index in [0.29, 0.717) is 10.8 Å². The van der Waals surface area contributed by atoms with Crippen LogP contribution in [-0.2, 0) is 9.59 Å². The van der Waals surface area contributed by atoms with Crippen LogP contribution in [0.4, 0.5) is 0 Å². The first-order chi connectivity index (χ1) is 12.8. The number of hydrogen-bond donors (Lipinski definition) is 0. The van der Waals surface area contributed by atoms with E-state index in [1.165, 1.54) is 26.0 Å².